The molecule has 0 aliphatic carbocycles. The summed E-state index contributed by atoms with van der Waals surface area (Å²) in [6, 6.07) is 16.5. The van der Waals surface area contributed by atoms with Crippen molar-refractivity contribution in [1.82, 2.24) is 14.9 Å². The van der Waals surface area contributed by atoms with Crippen LogP contribution in [0.25, 0.3) is 10.9 Å². The molecule has 0 spiro atoms. The van der Waals surface area contributed by atoms with Crippen molar-refractivity contribution in [2.75, 3.05) is 13.1 Å². The first kappa shape index (κ1) is 17.1. The number of hydrogen-bond donors (Lipinski definition) is 0. The summed E-state index contributed by atoms with van der Waals surface area (Å²) in [5.41, 5.74) is 3.75. The van der Waals surface area contributed by atoms with Gasteiger partial charge >= 0.3 is 0 Å². The first-order valence-corrected chi connectivity index (χ1v) is 8.79. The number of fused-ring (bicyclic) bond motifs is 1. The third kappa shape index (κ3) is 3.87. The van der Waals surface area contributed by atoms with Crippen LogP contribution in [0.15, 0.2) is 54.7 Å². The Balaban J connectivity index is 2.11. The number of para-hydroxylation sites is 1. The maximum Gasteiger partial charge on any atom is 0.119 e. The van der Waals surface area contributed by atoms with Crippen molar-refractivity contribution in [3.05, 3.63) is 71.7 Å². The van der Waals surface area contributed by atoms with Crippen molar-refractivity contribution in [1.29, 1.82) is 0 Å². The summed E-state index contributed by atoms with van der Waals surface area (Å²) in [4.78, 5) is 11.5. The van der Waals surface area contributed by atoms with E-state index in [1.54, 1.807) is 6.20 Å². The summed E-state index contributed by atoms with van der Waals surface area (Å²) < 4.78 is 0. The van der Waals surface area contributed by atoms with E-state index >= 15 is 0 Å². The Morgan fingerprint density at radius 2 is 1.76 bits per heavy atom. The molecule has 2 heterocycles. The van der Waals surface area contributed by atoms with Crippen LogP contribution in [0.4, 0.5) is 0 Å². The summed E-state index contributed by atoms with van der Waals surface area (Å²) >= 11 is 0. The lowest BCUT2D eigenvalue weighted by molar-refractivity contribution is 0.234. The van der Waals surface area contributed by atoms with E-state index in [9.17, 15) is 0 Å². The molecule has 126 valence electrons. The molecule has 2 aromatic heterocycles. The summed E-state index contributed by atoms with van der Waals surface area (Å²) in [7, 11) is 0. The van der Waals surface area contributed by atoms with Gasteiger partial charge in [-0.25, -0.2) is 9.97 Å². The van der Waals surface area contributed by atoms with Gasteiger partial charge in [-0.1, -0.05) is 38.1 Å². The van der Waals surface area contributed by atoms with Crippen molar-refractivity contribution >= 4 is 10.9 Å². The highest BCUT2D eigenvalue weighted by atomic mass is 15.1. The fourth-order valence-electron chi connectivity index (χ4n) is 3.08. The molecule has 0 N–H and O–H groups in total. The predicted molar refractivity (Wildman–Crippen MR) is 103 cm³/mol. The fourth-order valence-corrected chi connectivity index (χ4v) is 3.08. The van der Waals surface area contributed by atoms with Crippen LogP contribution in [0.5, 0.6) is 0 Å². The van der Waals surface area contributed by atoms with Gasteiger partial charge in [-0.15, -0.1) is 0 Å². The lowest BCUT2D eigenvalue weighted by Crippen LogP contribution is -2.27. The molecule has 3 rings (SSSR count). The van der Waals surface area contributed by atoms with Gasteiger partial charge in [0.2, 0.25) is 0 Å². The molecule has 0 bridgehead atoms. The molecule has 0 aliphatic heterocycles. The predicted octanol–water partition coefficient (Wildman–Crippen LogP) is 4.43. The SMILES string of the molecule is CCN(CC)C(C)c1cc2ccccc2nc1C#Cc1ccccn1. The van der Waals surface area contributed by atoms with Crippen LogP contribution in [0.3, 0.4) is 0 Å². The lowest BCUT2D eigenvalue weighted by Gasteiger charge is -2.27. The number of rotatable bonds is 4. The van der Waals surface area contributed by atoms with Gasteiger partial charge < -0.3 is 0 Å². The molecule has 3 heteroatoms. The molecule has 1 atom stereocenters. The largest absolute Gasteiger partial charge is 0.297 e. The number of pyridine rings is 2. The van der Waals surface area contributed by atoms with Gasteiger partial charge in [0.25, 0.3) is 0 Å². The minimum Gasteiger partial charge on any atom is -0.297 e. The van der Waals surface area contributed by atoms with Gasteiger partial charge in [0.15, 0.2) is 0 Å². The molecule has 0 saturated carbocycles. The molecular weight excluding hydrogens is 306 g/mol. The van der Waals surface area contributed by atoms with E-state index in [0.29, 0.717) is 0 Å². The summed E-state index contributed by atoms with van der Waals surface area (Å²) in [5, 5.41) is 1.15. The van der Waals surface area contributed by atoms with Crippen LogP contribution in [-0.2, 0) is 0 Å². The van der Waals surface area contributed by atoms with Gasteiger partial charge in [0.05, 0.1) is 5.52 Å². The second-order valence-electron chi connectivity index (χ2n) is 5.98. The molecule has 0 radical (unpaired) electrons. The molecule has 3 nitrogen and oxygen atoms in total. The van der Waals surface area contributed by atoms with E-state index in [2.05, 4.69) is 60.7 Å². The molecule has 0 saturated heterocycles. The summed E-state index contributed by atoms with van der Waals surface area (Å²) in [6.07, 6.45) is 1.76. The van der Waals surface area contributed by atoms with Gasteiger partial charge in [-0.2, -0.15) is 0 Å². The Labute approximate surface area is 149 Å². The van der Waals surface area contributed by atoms with Crippen molar-refractivity contribution < 1.29 is 0 Å². The van der Waals surface area contributed by atoms with Gasteiger partial charge in [-0.05, 0) is 56.1 Å². The van der Waals surface area contributed by atoms with E-state index in [0.717, 1.165) is 35.4 Å². The Hall–Kier alpha value is -2.70. The maximum absolute atomic E-state index is 4.83. The van der Waals surface area contributed by atoms with E-state index in [-0.39, 0.29) is 6.04 Å². The van der Waals surface area contributed by atoms with Crippen molar-refractivity contribution in [3.8, 4) is 11.8 Å². The van der Waals surface area contributed by atoms with Gasteiger partial charge in [-0.3, -0.25) is 4.90 Å². The van der Waals surface area contributed by atoms with Gasteiger partial charge in [0.1, 0.15) is 11.4 Å². The number of aromatic nitrogens is 2. The normalized spacial score (nSPS) is 12.0. The Kier molecular flexibility index (Phi) is 5.42. The monoisotopic (exact) mass is 329 g/mol. The van der Waals surface area contributed by atoms with Crippen LogP contribution in [-0.4, -0.2) is 28.0 Å². The Morgan fingerprint density at radius 1 is 1.00 bits per heavy atom. The Morgan fingerprint density at radius 3 is 2.48 bits per heavy atom. The standard InChI is InChI=1S/C22H23N3/c1-4-25(5-2)17(3)20-16-18-10-6-7-12-21(18)24-22(20)14-13-19-11-8-9-15-23-19/h6-12,15-17H,4-5H2,1-3H3. The van der Waals surface area contributed by atoms with Crippen molar-refractivity contribution in [2.24, 2.45) is 0 Å². The van der Waals surface area contributed by atoms with Crippen LogP contribution in [0.2, 0.25) is 0 Å². The van der Waals surface area contributed by atoms with Crippen LogP contribution in [0, 0.1) is 11.8 Å². The first-order valence-electron chi connectivity index (χ1n) is 8.79. The third-order valence-electron chi connectivity index (χ3n) is 4.54. The highest BCUT2D eigenvalue weighted by Crippen LogP contribution is 2.26. The number of nitrogens with zero attached hydrogens (tertiary/aromatic N) is 3. The van der Waals surface area contributed by atoms with Crippen molar-refractivity contribution in [3.63, 3.8) is 0 Å². The molecule has 3 aromatic rings. The quantitative estimate of drug-likeness (QED) is 0.663. The molecule has 1 aromatic carbocycles. The van der Waals surface area contributed by atoms with E-state index in [1.165, 1.54) is 5.56 Å². The topological polar surface area (TPSA) is 29.0 Å². The van der Waals surface area contributed by atoms with Crippen LogP contribution in [0.1, 0.15) is 43.8 Å². The number of hydrogen-bond acceptors (Lipinski definition) is 3. The average molecular weight is 329 g/mol. The third-order valence-corrected chi connectivity index (χ3v) is 4.54. The smallest absolute Gasteiger partial charge is 0.119 e. The molecule has 0 aliphatic rings. The summed E-state index contributed by atoms with van der Waals surface area (Å²) in [6.45, 7) is 8.60. The van der Waals surface area contributed by atoms with Crippen LogP contribution >= 0.6 is 0 Å². The number of benzene rings is 1. The van der Waals surface area contributed by atoms with Crippen molar-refractivity contribution in [2.45, 2.75) is 26.8 Å². The second kappa shape index (κ2) is 7.92. The van der Waals surface area contributed by atoms with Gasteiger partial charge in [0, 0.05) is 23.2 Å². The Bertz CT molecular complexity index is 903. The molecular formula is C22H23N3. The lowest BCUT2D eigenvalue weighted by atomic mass is 10.0. The molecule has 0 fully saturated rings. The first-order chi connectivity index (χ1) is 12.2. The zero-order valence-corrected chi connectivity index (χ0v) is 15.0. The molecule has 0 amide bonds. The van der Waals surface area contributed by atoms with Crippen LogP contribution < -0.4 is 0 Å². The fraction of sp³-hybridized carbons (Fsp3) is 0.273. The highest BCUT2D eigenvalue weighted by Gasteiger charge is 2.17. The zero-order chi connectivity index (χ0) is 17.6. The maximum atomic E-state index is 4.83. The second-order valence-corrected chi connectivity index (χ2v) is 5.98. The van der Waals surface area contributed by atoms with E-state index < -0.39 is 0 Å². The summed E-state index contributed by atoms with van der Waals surface area (Å²) in [5.74, 6) is 6.41. The molecule has 25 heavy (non-hydrogen) atoms. The van der Waals surface area contributed by atoms with E-state index in [1.807, 2.05) is 30.3 Å². The average Bonchev–Trinajstić information content (AvgIpc) is 2.67. The minimum absolute atomic E-state index is 0.264. The minimum atomic E-state index is 0.264. The molecule has 1 unspecified atom stereocenters. The highest BCUT2D eigenvalue weighted by molar-refractivity contribution is 5.80. The zero-order valence-electron chi connectivity index (χ0n) is 15.0. The van der Waals surface area contributed by atoms with E-state index in [4.69, 9.17) is 4.98 Å².